The van der Waals surface area contributed by atoms with Gasteiger partial charge in [0.15, 0.2) is 11.5 Å². The van der Waals surface area contributed by atoms with Crippen molar-refractivity contribution in [1.82, 2.24) is 0 Å². The first-order chi connectivity index (χ1) is 12.3. The van der Waals surface area contributed by atoms with Crippen LogP contribution >= 0.6 is 0 Å². The smallest absolute Gasteiger partial charge is 0.269 e. The van der Waals surface area contributed by atoms with Crippen LogP contribution in [0.4, 0.5) is 5.69 Å². The summed E-state index contributed by atoms with van der Waals surface area (Å²) in [5, 5.41) is 2.88. The first-order valence-electron chi connectivity index (χ1n) is 8.14. The molecule has 0 saturated heterocycles. The lowest BCUT2D eigenvalue weighted by molar-refractivity contribution is -0.125. The molecule has 0 bridgehead atoms. The Balaban J connectivity index is 1.43. The summed E-state index contributed by atoms with van der Waals surface area (Å²) < 4.78 is 11.3. The fourth-order valence-corrected chi connectivity index (χ4v) is 2.75. The first kappa shape index (κ1) is 15.3. The molecule has 3 aromatic rings. The summed E-state index contributed by atoms with van der Waals surface area (Å²) in [4.78, 5) is 12.4. The molecule has 4 heteroatoms. The fourth-order valence-electron chi connectivity index (χ4n) is 2.75. The van der Waals surface area contributed by atoms with Crippen LogP contribution < -0.4 is 14.8 Å². The fraction of sp³-hybridized carbons (Fsp3) is 0.0952. The molecule has 0 fully saturated rings. The Morgan fingerprint density at radius 2 is 1.44 bits per heavy atom. The number of nitrogens with one attached hydrogen (secondary N) is 1. The lowest BCUT2D eigenvalue weighted by Gasteiger charge is -2.25. The van der Waals surface area contributed by atoms with Crippen molar-refractivity contribution in [3.8, 4) is 22.6 Å². The molecule has 0 saturated carbocycles. The predicted molar refractivity (Wildman–Crippen MR) is 96.9 cm³/mol. The maximum Gasteiger partial charge on any atom is 0.269 e. The Hall–Kier alpha value is -3.27. The van der Waals surface area contributed by atoms with Crippen LogP contribution in [-0.2, 0) is 4.79 Å². The molecule has 4 rings (SSSR count). The van der Waals surface area contributed by atoms with E-state index < -0.39 is 6.10 Å². The number of carbonyl (C=O) groups is 1. The van der Waals surface area contributed by atoms with E-state index in [9.17, 15) is 4.79 Å². The third-order valence-corrected chi connectivity index (χ3v) is 4.06. The minimum atomic E-state index is -0.663. The molecule has 0 aromatic heterocycles. The Morgan fingerprint density at radius 3 is 2.20 bits per heavy atom. The van der Waals surface area contributed by atoms with Gasteiger partial charge in [-0.1, -0.05) is 54.6 Å². The summed E-state index contributed by atoms with van der Waals surface area (Å²) in [6, 6.07) is 25.2. The molecule has 1 heterocycles. The van der Waals surface area contributed by atoms with E-state index in [1.54, 1.807) is 6.07 Å². The standard InChI is InChI=1S/C21H17NO3/c23-21(20-14-24-18-8-4-5-9-19(18)25-20)22-17-12-10-16(11-13-17)15-6-2-1-3-7-15/h1-13,20H,14H2,(H,22,23). The number of benzene rings is 3. The normalized spacial score (nSPS) is 15.4. The van der Waals surface area contributed by atoms with Crippen LogP contribution in [0.15, 0.2) is 78.9 Å². The van der Waals surface area contributed by atoms with Gasteiger partial charge in [-0.25, -0.2) is 0 Å². The molecular formula is C21H17NO3. The summed E-state index contributed by atoms with van der Waals surface area (Å²) in [6.07, 6.45) is -0.663. The average Bonchev–Trinajstić information content (AvgIpc) is 2.69. The van der Waals surface area contributed by atoms with Gasteiger partial charge in [-0.3, -0.25) is 4.79 Å². The van der Waals surface area contributed by atoms with Gasteiger partial charge in [-0.15, -0.1) is 0 Å². The SMILES string of the molecule is O=C(Nc1ccc(-c2ccccc2)cc1)C1COc2ccccc2O1. The molecule has 3 aromatic carbocycles. The van der Waals surface area contributed by atoms with E-state index in [-0.39, 0.29) is 12.5 Å². The zero-order valence-electron chi connectivity index (χ0n) is 13.5. The van der Waals surface area contributed by atoms with E-state index in [4.69, 9.17) is 9.47 Å². The van der Waals surface area contributed by atoms with Crippen LogP contribution in [0.3, 0.4) is 0 Å². The van der Waals surface area contributed by atoms with Crippen LogP contribution in [0.1, 0.15) is 0 Å². The summed E-state index contributed by atoms with van der Waals surface area (Å²) in [6.45, 7) is 0.199. The second-order valence-electron chi connectivity index (χ2n) is 5.80. The highest BCUT2D eigenvalue weighted by Gasteiger charge is 2.27. The van der Waals surface area contributed by atoms with Gasteiger partial charge in [0.1, 0.15) is 6.61 Å². The third kappa shape index (κ3) is 3.33. The number of para-hydroxylation sites is 2. The molecule has 1 N–H and O–H groups in total. The molecular weight excluding hydrogens is 314 g/mol. The van der Waals surface area contributed by atoms with E-state index in [0.29, 0.717) is 11.5 Å². The van der Waals surface area contributed by atoms with Gasteiger partial charge in [0, 0.05) is 5.69 Å². The summed E-state index contributed by atoms with van der Waals surface area (Å²) >= 11 is 0. The summed E-state index contributed by atoms with van der Waals surface area (Å²) in [7, 11) is 0. The molecule has 1 aliphatic rings. The quantitative estimate of drug-likeness (QED) is 0.785. The molecule has 25 heavy (non-hydrogen) atoms. The maximum absolute atomic E-state index is 12.4. The van der Waals surface area contributed by atoms with Crippen molar-refractivity contribution in [1.29, 1.82) is 0 Å². The van der Waals surface area contributed by atoms with Crippen LogP contribution in [-0.4, -0.2) is 18.6 Å². The van der Waals surface area contributed by atoms with Gasteiger partial charge in [-0.2, -0.15) is 0 Å². The van der Waals surface area contributed by atoms with Crippen molar-refractivity contribution in [3.63, 3.8) is 0 Å². The Labute approximate surface area is 146 Å². The second-order valence-corrected chi connectivity index (χ2v) is 5.80. The summed E-state index contributed by atoms with van der Waals surface area (Å²) in [5.74, 6) is 1.04. The van der Waals surface area contributed by atoms with Crippen molar-refractivity contribution < 1.29 is 14.3 Å². The molecule has 1 aliphatic heterocycles. The molecule has 1 atom stereocenters. The van der Waals surface area contributed by atoms with Crippen molar-refractivity contribution in [2.24, 2.45) is 0 Å². The average molecular weight is 331 g/mol. The van der Waals surface area contributed by atoms with E-state index >= 15 is 0 Å². The van der Waals surface area contributed by atoms with E-state index in [1.165, 1.54) is 0 Å². The highest BCUT2D eigenvalue weighted by Crippen LogP contribution is 2.31. The molecule has 124 valence electrons. The van der Waals surface area contributed by atoms with E-state index in [0.717, 1.165) is 16.8 Å². The minimum absolute atomic E-state index is 0.199. The van der Waals surface area contributed by atoms with Crippen molar-refractivity contribution in [2.45, 2.75) is 6.10 Å². The van der Waals surface area contributed by atoms with Gasteiger partial charge >= 0.3 is 0 Å². The highest BCUT2D eigenvalue weighted by atomic mass is 16.6. The van der Waals surface area contributed by atoms with Gasteiger partial charge in [0.2, 0.25) is 6.10 Å². The number of hydrogen-bond donors (Lipinski definition) is 1. The first-order valence-corrected chi connectivity index (χ1v) is 8.14. The molecule has 1 unspecified atom stereocenters. The Morgan fingerprint density at radius 1 is 0.800 bits per heavy atom. The monoisotopic (exact) mass is 331 g/mol. The zero-order valence-corrected chi connectivity index (χ0v) is 13.5. The third-order valence-electron chi connectivity index (χ3n) is 4.06. The van der Waals surface area contributed by atoms with E-state index in [1.807, 2.05) is 60.7 Å². The number of carbonyl (C=O) groups excluding carboxylic acids is 1. The van der Waals surface area contributed by atoms with Crippen molar-refractivity contribution in [2.75, 3.05) is 11.9 Å². The van der Waals surface area contributed by atoms with Crippen LogP contribution in [0.25, 0.3) is 11.1 Å². The number of hydrogen-bond acceptors (Lipinski definition) is 3. The molecule has 0 radical (unpaired) electrons. The molecule has 1 amide bonds. The van der Waals surface area contributed by atoms with Crippen LogP contribution in [0.2, 0.25) is 0 Å². The Kier molecular flexibility index (Phi) is 4.09. The Bertz CT molecular complexity index is 875. The zero-order chi connectivity index (χ0) is 17.1. The highest BCUT2D eigenvalue weighted by molar-refractivity contribution is 5.95. The lowest BCUT2D eigenvalue weighted by atomic mass is 10.1. The van der Waals surface area contributed by atoms with Crippen molar-refractivity contribution >= 4 is 11.6 Å². The van der Waals surface area contributed by atoms with Gasteiger partial charge in [0.25, 0.3) is 5.91 Å². The van der Waals surface area contributed by atoms with Gasteiger partial charge < -0.3 is 14.8 Å². The minimum Gasteiger partial charge on any atom is -0.485 e. The second kappa shape index (κ2) is 6.69. The topological polar surface area (TPSA) is 47.6 Å². The van der Waals surface area contributed by atoms with Gasteiger partial charge in [-0.05, 0) is 35.4 Å². The number of ether oxygens (including phenoxy) is 2. The van der Waals surface area contributed by atoms with Crippen molar-refractivity contribution in [3.05, 3.63) is 78.9 Å². The summed E-state index contributed by atoms with van der Waals surface area (Å²) in [5.41, 5.74) is 2.97. The maximum atomic E-state index is 12.4. The molecule has 0 spiro atoms. The number of anilines is 1. The molecule has 0 aliphatic carbocycles. The largest absolute Gasteiger partial charge is 0.485 e. The number of amides is 1. The van der Waals surface area contributed by atoms with E-state index in [2.05, 4.69) is 17.4 Å². The molecule has 4 nitrogen and oxygen atoms in total. The number of rotatable bonds is 3. The van der Waals surface area contributed by atoms with Crippen LogP contribution in [0.5, 0.6) is 11.5 Å². The van der Waals surface area contributed by atoms with Crippen LogP contribution in [0, 0.1) is 0 Å². The number of fused-ring (bicyclic) bond motifs is 1. The van der Waals surface area contributed by atoms with Gasteiger partial charge in [0.05, 0.1) is 0 Å². The predicted octanol–water partition coefficient (Wildman–Crippen LogP) is 4.13. The lowest BCUT2D eigenvalue weighted by Crippen LogP contribution is -2.40.